The van der Waals surface area contributed by atoms with Crippen molar-refractivity contribution in [3.8, 4) is 0 Å². The molecule has 0 heterocycles. The molecule has 4 nitrogen and oxygen atoms in total. The lowest BCUT2D eigenvalue weighted by Gasteiger charge is -2.09. The van der Waals surface area contributed by atoms with Gasteiger partial charge in [0.05, 0.1) is 0 Å². The normalized spacial score (nSPS) is 12.6. The highest BCUT2D eigenvalue weighted by atomic mass is 16.3. The van der Waals surface area contributed by atoms with Crippen molar-refractivity contribution in [1.82, 2.24) is 5.32 Å². The average Bonchev–Trinajstić information content (AvgIpc) is 2.58. The molecule has 0 rings (SSSR count). The number of amides is 1. The number of allylic oxidation sites excluding steroid dienone is 2. The molecule has 0 aliphatic carbocycles. The molecule has 4 heteroatoms. The lowest BCUT2D eigenvalue weighted by Crippen LogP contribution is -2.39. The third-order valence-corrected chi connectivity index (χ3v) is 4.22. The molecular weight excluding hydrogens is 300 g/mol. The van der Waals surface area contributed by atoms with Crippen molar-refractivity contribution >= 4 is 5.91 Å². The first-order valence-electron chi connectivity index (χ1n) is 10.0. The molecule has 1 atom stereocenters. The third kappa shape index (κ3) is 17.5. The van der Waals surface area contributed by atoms with Gasteiger partial charge in [0.1, 0.15) is 6.23 Å². The quantitative estimate of drug-likeness (QED) is 0.208. The highest BCUT2D eigenvalue weighted by Crippen LogP contribution is 2.09. The second-order valence-corrected chi connectivity index (χ2v) is 6.65. The average molecular weight is 341 g/mol. The van der Waals surface area contributed by atoms with Gasteiger partial charge in [-0.05, 0) is 32.1 Å². The first-order valence-corrected chi connectivity index (χ1v) is 10.0. The van der Waals surface area contributed by atoms with E-state index in [0.29, 0.717) is 6.42 Å². The number of nitrogens with one attached hydrogen (secondary N) is 1. The zero-order chi connectivity index (χ0) is 17.9. The van der Waals surface area contributed by atoms with E-state index in [-0.39, 0.29) is 12.5 Å². The molecule has 0 radical (unpaired) electrons. The van der Waals surface area contributed by atoms with Gasteiger partial charge in [-0.25, -0.2) is 0 Å². The molecule has 4 N–H and O–H groups in total. The smallest absolute Gasteiger partial charge is 0.222 e. The van der Waals surface area contributed by atoms with Crippen molar-refractivity contribution in [2.75, 3.05) is 6.54 Å². The van der Waals surface area contributed by atoms with Gasteiger partial charge in [0.15, 0.2) is 0 Å². The Morgan fingerprint density at radius 3 is 1.96 bits per heavy atom. The zero-order valence-corrected chi connectivity index (χ0v) is 15.8. The van der Waals surface area contributed by atoms with Crippen LogP contribution in [0.15, 0.2) is 12.2 Å². The Balaban J connectivity index is 3.22. The zero-order valence-electron chi connectivity index (χ0n) is 15.8. The van der Waals surface area contributed by atoms with E-state index in [1.165, 1.54) is 70.6 Å². The molecule has 0 aliphatic rings. The maximum atomic E-state index is 11.4. The van der Waals surface area contributed by atoms with Crippen molar-refractivity contribution in [3.63, 3.8) is 0 Å². The van der Waals surface area contributed by atoms with Crippen LogP contribution in [0.2, 0.25) is 0 Å². The molecule has 0 saturated carbocycles. The van der Waals surface area contributed by atoms with Gasteiger partial charge in [0, 0.05) is 13.0 Å². The summed E-state index contributed by atoms with van der Waals surface area (Å²) in [7, 11) is 0. The summed E-state index contributed by atoms with van der Waals surface area (Å²) in [6, 6.07) is 0. The monoisotopic (exact) mass is 340 g/mol. The van der Waals surface area contributed by atoms with Gasteiger partial charge in [-0.1, -0.05) is 70.4 Å². The highest BCUT2D eigenvalue weighted by Gasteiger charge is 2.05. The molecule has 1 unspecified atom stereocenters. The van der Waals surface area contributed by atoms with Crippen molar-refractivity contribution < 1.29 is 9.90 Å². The third-order valence-electron chi connectivity index (χ3n) is 4.22. The number of aliphatic hydroxyl groups excluding tert-OH is 1. The maximum absolute atomic E-state index is 11.4. The summed E-state index contributed by atoms with van der Waals surface area (Å²) in [5, 5.41) is 11.7. The van der Waals surface area contributed by atoms with E-state index in [1.807, 2.05) is 0 Å². The Labute approximate surface area is 149 Å². The highest BCUT2D eigenvalue weighted by molar-refractivity contribution is 5.75. The molecule has 0 aromatic heterocycles. The van der Waals surface area contributed by atoms with E-state index in [0.717, 1.165) is 12.8 Å². The van der Waals surface area contributed by atoms with Crippen LogP contribution in [0.1, 0.15) is 96.8 Å². The van der Waals surface area contributed by atoms with E-state index in [4.69, 9.17) is 5.73 Å². The molecule has 0 spiro atoms. The minimum absolute atomic E-state index is 0.0676. The van der Waals surface area contributed by atoms with Crippen LogP contribution < -0.4 is 11.1 Å². The number of aliphatic hydroxyl groups is 1. The SMILES string of the molecule is CCCCCCCCC=CCCCCCCCC(=O)NC(O)CN. The van der Waals surface area contributed by atoms with Gasteiger partial charge in [-0.15, -0.1) is 0 Å². The van der Waals surface area contributed by atoms with Gasteiger partial charge in [-0.2, -0.15) is 0 Å². The van der Waals surface area contributed by atoms with Crippen LogP contribution in [0.25, 0.3) is 0 Å². The fraction of sp³-hybridized carbons (Fsp3) is 0.850. The summed E-state index contributed by atoms with van der Waals surface area (Å²) < 4.78 is 0. The van der Waals surface area contributed by atoms with E-state index < -0.39 is 6.23 Å². The van der Waals surface area contributed by atoms with E-state index in [1.54, 1.807) is 0 Å². The molecule has 0 aliphatic heterocycles. The predicted octanol–water partition coefficient (Wildman–Crippen LogP) is 4.42. The second-order valence-electron chi connectivity index (χ2n) is 6.65. The van der Waals surface area contributed by atoms with Gasteiger partial charge in [0.2, 0.25) is 5.91 Å². The maximum Gasteiger partial charge on any atom is 0.222 e. The number of hydrogen-bond donors (Lipinski definition) is 3. The van der Waals surface area contributed by atoms with Gasteiger partial charge < -0.3 is 16.2 Å². The number of hydrogen-bond acceptors (Lipinski definition) is 3. The molecule has 0 fully saturated rings. The number of carbonyl (C=O) groups excluding carboxylic acids is 1. The van der Waals surface area contributed by atoms with Crippen molar-refractivity contribution in [2.45, 2.75) is 103 Å². The summed E-state index contributed by atoms with van der Waals surface area (Å²) in [4.78, 5) is 11.4. The van der Waals surface area contributed by atoms with E-state index in [2.05, 4.69) is 24.4 Å². The Hall–Kier alpha value is -0.870. The lowest BCUT2D eigenvalue weighted by molar-refractivity contribution is -0.124. The Kier molecular flexibility index (Phi) is 17.8. The van der Waals surface area contributed by atoms with Crippen molar-refractivity contribution in [3.05, 3.63) is 12.2 Å². The largest absolute Gasteiger partial charge is 0.372 e. The standard InChI is InChI=1S/C20H40N2O2/c1-2-3-4-5-6-7-8-9-10-11-12-13-14-15-16-17-19(23)22-20(24)18-21/h9-10,20,24H,2-8,11-18,21H2,1H3,(H,22,23). The molecule has 0 aromatic rings. The molecule has 0 aromatic carbocycles. The fourth-order valence-corrected chi connectivity index (χ4v) is 2.67. The van der Waals surface area contributed by atoms with Gasteiger partial charge in [0.25, 0.3) is 0 Å². The van der Waals surface area contributed by atoms with Crippen LogP contribution in [0, 0.1) is 0 Å². The first kappa shape index (κ1) is 23.1. The summed E-state index contributed by atoms with van der Waals surface area (Å²) >= 11 is 0. The number of rotatable bonds is 17. The Morgan fingerprint density at radius 2 is 1.42 bits per heavy atom. The van der Waals surface area contributed by atoms with Gasteiger partial charge >= 0.3 is 0 Å². The number of nitrogens with two attached hydrogens (primary N) is 1. The molecular formula is C20H40N2O2. The fourth-order valence-electron chi connectivity index (χ4n) is 2.67. The van der Waals surface area contributed by atoms with Crippen LogP contribution in [0.3, 0.4) is 0 Å². The summed E-state index contributed by atoms with van der Waals surface area (Å²) in [6.45, 7) is 2.33. The molecule has 1 amide bonds. The molecule has 0 bridgehead atoms. The lowest BCUT2D eigenvalue weighted by atomic mass is 10.1. The second kappa shape index (κ2) is 18.5. The predicted molar refractivity (Wildman–Crippen MR) is 103 cm³/mol. The van der Waals surface area contributed by atoms with E-state index >= 15 is 0 Å². The Bertz CT molecular complexity index is 306. The molecule has 24 heavy (non-hydrogen) atoms. The van der Waals surface area contributed by atoms with Crippen LogP contribution in [-0.2, 0) is 4.79 Å². The van der Waals surface area contributed by atoms with Crippen LogP contribution in [-0.4, -0.2) is 23.8 Å². The molecule has 142 valence electrons. The van der Waals surface area contributed by atoms with Crippen molar-refractivity contribution in [1.29, 1.82) is 0 Å². The summed E-state index contributed by atoms with van der Waals surface area (Å²) in [6.07, 6.45) is 20.5. The number of unbranched alkanes of at least 4 members (excludes halogenated alkanes) is 11. The summed E-state index contributed by atoms with van der Waals surface area (Å²) in [5.41, 5.74) is 5.24. The minimum atomic E-state index is -0.902. The molecule has 0 saturated heterocycles. The van der Waals surface area contributed by atoms with Crippen LogP contribution >= 0.6 is 0 Å². The first-order chi connectivity index (χ1) is 11.7. The van der Waals surface area contributed by atoms with E-state index in [9.17, 15) is 9.90 Å². The number of carbonyl (C=O) groups is 1. The van der Waals surface area contributed by atoms with Crippen LogP contribution in [0.5, 0.6) is 0 Å². The minimum Gasteiger partial charge on any atom is -0.372 e. The summed E-state index contributed by atoms with van der Waals surface area (Å²) in [5.74, 6) is -0.106. The Morgan fingerprint density at radius 1 is 0.917 bits per heavy atom. The van der Waals surface area contributed by atoms with Gasteiger partial charge in [-0.3, -0.25) is 4.79 Å². The topological polar surface area (TPSA) is 75.3 Å². The van der Waals surface area contributed by atoms with Crippen LogP contribution in [0.4, 0.5) is 0 Å². The van der Waals surface area contributed by atoms with Crippen molar-refractivity contribution in [2.24, 2.45) is 5.73 Å².